The highest BCUT2D eigenvalue weighted by Gasteiger charge is 2.45. The maximum absolute atomic E-state index is 7.39. The normalized spacial score (nSPS) is 13.2. The fraction of sp³-hybridized carbons (Fsp3) is 0. The van der Waals surface area contributed by atoms with Crippen LogP contribution in [-0.2, 0) is 0 Å². The lowest BCUT2D eigenvalue weighted by atomic mass is 9.32. The first-order valence-corrected chi connectivity index (χ1v) is 28.2. The molecule has 0 fully saturated rings. The van der Waals surface area contributed by atoms with Crippen molar-refractivity contribution in [1.82, 2.24) is 0 Å². The van der Waals surface area contributed by atoms with Gasteiger partial charge in [-0.25, -0.2) is 0 Å². The molecular weight excluding hydrogens is 987 g/mol. The van der Waals surface area contributed by atoms with Crippen molar-refractivity contribution in [2.75, 3.05) is 9.80 Å². The Kier molecular flexibility index (Phi) is 9.74. The van der Waals surface area contributed by atoms with Crippen LogP contribution < -0.4 is 52.1 Å². The molecule has 13 aromatic carbocycles. The zero-order valence-corrected chi connectivity index (χ0v) is 43.6. The van der Waals surface area contributed by atoms with Crippen LogP contribution in [0.5, 0.6) is 23.0 Å². The molecule has 4 aliphatic heterocycles. The number of hydrogen-bond donors (Lipinski definition) is 0. The van der Waals surface area contributed by atoms with Crippen LogP contribution in [0.4, 0.5) is 34.1 Å². The number of hydrogen-bond acceptors (Lipinski definition) is 6. The van der Waals surface area contributed by atoms with E-state index >= 15 is 0 Å². The summed E-state index contributed by atoms with van der Waals surface area (Å²) in [5.74, 6) is 3.34. The molecule has 0 bridgehead atoms. The van der Waals surface area contributed by atoms with E-state index in [0.717, 1.165) is 68.0 Å². The summed E-state index contributed by atoms with van der Waals surface area (Å²) in [6, 6.07) is 93.4. The van der Waals surface area contributed by atoms with E-state index < -0.39 is 0 Å². The highest BCUT2D eigenvalue weighted by molar-refractivity contribution is 8.00. The quantitative estimate of drug-likeness (QED) is 0.154. The van der Waals surface area contributed by atoms with Gasteiger partial charge in [-0.15, -0.1) is 0 Å². The number of fused-ring (bicyclic) bond motifs is 12. The summed E-state index contributed by atoms with van der Waals surface area (Å²) in [6.45, 7) is -0.112. The molecule has 78 heavy (non-hydrogen) atoms. The molecule has 0 aromatic heterocycles. The second-order valence-electron chi connectivity index (χ2n) is 20.8. The molecule has 0 N–H and O–H groups in total. The van der Waals surface area contributed by atoms with E-state index in [1.54, 1.807) is 0 Å². The predicted molar refractivity (Wildman–Crippen MR) is 329 cm³/mol. The minimum absolute atomic E-state index is 0.0562. The van der Waals surface area contributed by atoms with Gasteiger partial charge in [0.15, 0.2) is 0 Å². The Balaban J connectivity index is 0.843. The van der Waals surface area contributed by atoms with E-state index in [1.165, 1.54) is 84.5 Å². The Morgan fingerprint density at radius 1 is 0.244 bits per heavy atom. The largest absolute Gasteiger partial charge is 0.458 e. The molecule has 0 radical (unpaired) electrons. The van der Waals surface area contributed by atoms with Crippen molar-refractivity contribution in [2.24, 2.45) is 0 Å². The first kappa shape index (κ1) is 44.1. The van der Waals surface area contributed by atoms with Gasteiger partial charge in [-0.3, -0.25) is 0 Å². The number of nitrogens with zero attached hydrogens (tertiary/aromatic N) is 2. The summed E-state index contributed by atoms with van der Waals surface area (Å²) < 4.78 is 14.8. The van der Waals surface area contributed by atoms with Crippen LogP contribution in [0.25, 0.3) is 43.1 Å². The van der Waals surface area contributed by atoms with Crippen LogP contribution in [0, 0.1) is 0 Å². The molecule has 0 spiro atoms. The van der Waals surface area contributed by atoms with Crippen LogP contribution in [0.1, 0.15) is 0 Å². The van der Waals surface area contributed by atoms with Crippen molar-refractivity contribution in [3.8, 4) is 23.0 Å². The Morgan fingerprint density at radius 2 is 0.577 bits per heavy atom. The lowest BCUT2D eigenvalue weighted by molar-refractivity contribution is 0.464. The second kappa shape index (κ2) is 17.2. The second-order valence-corrected chi connectivity index (χ2v) is 23.0. The van der Waals surface area contributed by atoms with Gasteiger partial charge in [0, 0.05) is 60.5 Å². The Morgan fingerprint density at radius 3 is 0.949 bits per heavy atom. The molecule has 4 aliphatic rings. The molecule has 17 rings (SSSR count). The van der Waals surface area contributed by atoms with E-state index in [1.807, 2.05) is 23.5 Å². The molecule has 0 amide bonds. The molecule has 4 nitrogen and oxygen atoms in total. The van der Waals surface area contributed by atoms with Crippen LogP contribution >= 0.6 is 23.5 Å². The summed E-state index contributed by atoms with van der Waals surface area (Å²) in [7, 11) is 0. The maximum Gasteiger partial charge on any atom is 0.253 e. The summed E-state index contributed by atoms with van der Waals surface area (Å²) in [4.78, 5) is 9.68. The minimum Gasteiger partial charge on any atom is -0.458 e. The van der Waals surface area contributed by atoms with Crippen molar-refractivity contribution in [3.63, 3.8) is 0 Å². The number of ether oxygens (including phenoxy) is 2. The van der Waals surface area contributed by atoms with Gasteiger partial charge in [0.25, 0.3) is 13.4 Å². The lowest BCUT2D eigenvalue weighted by Crippen LogP contribution is -2.61. The van der Waals surface area contributed by atoms with Gasteiger partial charge in [0.05, 0.1) is 11.4 Å². The third-order valence-electron chi connectivity index (χ3n) is 16.3. The fourth-order valence-electron chi connectivity index (χ4n) is 12.8. The van der Waals surface area contributed by atoms with E-state index in [0.29, 0.717) is 0 Å². The molecule has 0 aliphatic carbocycles. The van der Waals surface area contributed by atoms with Crippen molar-refractivity contribution in [3.05, 3.63) is 255 Å². The average Bonchev–Trinajstić information content (AvgIpc) is 3.66. The minimum atomic E-state index is -0.0562. The number of anilines is 6. The van der Waals surface area contributed by atoms with Crippen molar-refractivity contribution in [2.45, 2.75) is 19.6 Å². The highest BCUT2D eigenvalue weighted by Crippen LogP contribution is 2.48. The first-order valence-electron chi connectivity index (χ1n) is 26.6. The molecule has 8 heteroatoms. The zero-order valence-electron chi connectivity index (χ0n) is 41.9. The Hall–Kier alpha value is -9.07. The zero-order chi connectivity index (χ0) is 51.0. The SMILES string of the molecule is c1ccc2c(c1)Sc1cc(N(c3ccc4ccccc4c3)c3ccc4ccccc4c3)cc3c1B2c1cc2c(cc1O3)Oc1cc(N(c3ccc4ccccc4c3)c3ccc4ccccc4c3)cc3c1B2c1ccccc1S3. The monoisotopic (exact) mass is 1030 g/mol. The van der Waals surface area contributed by atoms with E-state index in [-0.39, 0.29) is 13.4 Å². The summed E-state index contributed by atoms with van der Waals surface area (Å²) in [5.41, 5.74) is 13.7. The Bertz CT molecular complexity index is 4260. The summed E-state index contributed by atoms with van der Waals surface area (Å²) >= 11 is 3.68. The van der Waals surface area contributed by atoms with Gasteiger partial charge < -0.3 is 19.3 Å². The van der Waals surface area contributed by atoms with Gasteiger partial charge in [-0.05, 0) is 138 Å². The van der Waals surface area contributed by atoms with E-state index in [4.69, 9.17) is 9.47 Å². The fourth-order valence-corrected chi connectivity index (χ4v) is 15.2. The van der Waals surface area contributed by atoms with Gasteiger partial charge in [-0.2, -0.15) is 0 Å². The van der Waals surface area contributed by atoms with E-state index in [9.17, 15) is 0 Å². The number of rotatable bonds is 6. The van der Waals surface area contributed by atoms with Crippen LogP contribution in [0.3, 0.4) is 0 Å². The van der Waals surface area contributed by atoms with Gasteiger partial charge in [-0.1, -0.05) is 198 Å². The van der Waals surface area contributed by atoms with Gasteiger partial charge >= 0.3 is 0 Å². The third kappa shape index (κ3) is 6.93. The molecule has 0 saturated carbocycles. The summed E-state index contributed by atoms with van der Waals surface area (Å²) in [5, 5.41) is 9.58. The van der Waals surface area contributed by atoms with Crippen molar-refractivity contribution >= 4 is 147 Å². The predicted octanol–water partition coefficient (Wildman–Crippen LogP) is 15.4. The third-order valence-corrected chi connectivity index (χ3v) is 18.6. The molecular formula is C70H42B2N2O2S2. The van der Waals surface area contributed by atoms with Crippen molar-refractivity contribution < 1.29 is 9.47 Å². The van der Waals surface area contributed by atoms with E-state index in [2.05, 4.69) is 265 Å². The first-order chi connectivity index (χ1) is 38.6. The average molecular weight is 1030 g/mol. The topological polar surface area (TPSA) is 24.9 Å². The smallest absolute Gasteiger partial charge is 0.253 e. The van der Waals surface area contributed by atoms with Crippen LogP contribution in [0.15, 0.2) is 274 Å². The lowest BCUT2D eigenvalue weighted by Gasteiger charge is -2.38. The molecule has 0 atom stereocenters. The molecule has 13 aromatic rings. The number of benzene rings is 13. The Labute approximate surface area is 460 Å². The molecule has 0 unspecified atom stereocenters. The standard InChI is InChI=1S/C70H42B2N2O2S2/c1-5-17-47-33-51(29-25-43(47)13-1)73(52-30-26-44-14-2-6-18-48(44)34-52)55-37-63-69-67(39-55)77-65-23-11-9-21-57(65)71(69)59-41-60-62(42-61(59)75-63)76-64-38-56(40-68-70(64)72(60)58-22-10-12-24-66(58)78-68)74(53-31-27-45-15-3-7-19-49(45)35-53)54-32-28-46-16-4-8-20-50(46)36-54/h1-42H. The van der Waals surface area contributed by atoms with Gasteiger partial charge in [0.1, 0.15) is 23.0 Å². The summed E-state index contributed by atoms with van der Waals surface area (Å²) in [6.07, 6.45) is 0. The van der Waals surface area contributed by atoms with Crippen LogP contribution in [0.2, 0.25) is 0 Å². The maximum atomic E-state index is 7.39. The molecule has 4 heterocycles. The van der Waals surface area contributed by atoms with Crippen molar-refractivity contribution in [1.29, 1.82) is 0 Å². The molecule has 362 valence electrons. The van der Waals surface area contributed by atoms with Gasteiger partial charge in [0.2, 0.25) is 0 Å². The van der Waals surface area contributed by atoms with Crippen LogP contribution in [-0.4, -0.2) is 13.4 Å². The molecule has 0 saturated heterocycles. The highest BCUT2D eigenvalue weighted by atomic mass is 32.2.